The van der Waals surface area contributed by atoms with Crippen molar-refractivity contribution in [2.24, 2.45) is 0 Å². The van der Waals surface area contributed by atoms with E-state index in [0.717, 1.165) is 45.3 Å². The lowest BCUT2D eigenvalue weighted by molar-refractivity contribution is 0.660. The van der Waals surface area contributed by atoms with Crippen molar-refractivity contribution in [1.29, 1.82) is 0 Å². The van der Waals surface area contributed by atoms with Crippen molar-refractivity contribution < 1.29 is 0 Å². The molecule has 19 rings (SSSR count). The predicted molar refractivity (Wildman–Crippen MR) is 427 cm³/mol. The summed E-state index contributed by atoms with van der Waals surface area (Å²) < 4.78 is 0. The maximum atomic E-state index is 2.53. The second kappa shape index (κ2) is 22.7. The fourth-order valence-corrected chi connectivity index (χ4v) is 17.5. The van der Waals surface area contributed by atoms with Gasteiger partial charge >= 0.3 is 0 Å². The van der Waals surface area contributed by atoms with Crippen molar-refractivity contribution in [2.75, 3.05) is 9.80 Å². The van der Waals surface area contributed by atoms with Crippen molar-refractivity contribution in [2.45, 2.75) is 52.4 Å². The van der Waals surface area contributed by atoms with Crippen LogP contribution in [0.15, 0.2) is 328 Å². The van der Waals surface area contributed by atoms with Gasteiger partial charge in [0.1, 0.15) is 0 Å². The minimum Gasteiger partial charge on any atom is -0.310 e. The number of aryl methyl sites for hydroxylation is 2. The van der Waals surface area contributed by atoms with Gasteiger partial charge in [0.25, 0.3) is 0 Å². The van der Waals surface area contributed by atoms with Gasteiger partial charge in [-0.3, -0.25) is 0 Å². The molecule has 2 heteroatoms. The summed E-state index contributed by atoms with van der Waals surface area (Å²) in [6, 6.07) is 124. The Bertz CT molecular complexity index is 6240. The Morgan fingerprint density at radius 3 is 1.07 bits per heavy atom. The van der Waals surface area contributed by atoms with Crippen LogP contribution in [-0.4, -0.2) is 0 Å². The molecule has 0 fully saturated rings. The molecule has 0 spiro atoms. The van der Waals surface area contributed by atoms with E-state index in [1.54, 1.807) is 0 Å². The zero-order chi connectivity index (χ0) is 67.1. The first kappa shape index (κ1) is 59.2. The number of hydrogen-bond acceptors (Lipinski definition) is 2. The predicted octanol–water partition coefficient (Wildman–Crippen LogP) is 27.4. The zero-order valence-electron chi connectivity index (χ0n) is 57.1. The normalized spacial score (nSPS) is 13.3. The zero-order valence-corrected chi connectivity index (χ0v) is 57.1. The average molecular weight is 1280 g/mol. The van der Waals surface area contributed by atoms with Gasteiger partial charge in [-0.25, -0.2) is 0 Å². The molecule has 2 nitrogen and oxygen atoms in total. The second-order valence-corrected chi connectivity index (χ2v) is 28.9. The first-order valence-electron chi connectivity index (χ1n) is 35.2. The molecule has 0 heterocycles. The molecule has 0 bridgehead atoms. The number of rotatable bonds is 10. The highest BCUT2D eigenvalue weighted by Crippen LogP contribution is 2.55. The van der Waals surface area contributed by atoms with Gasteiger partial charge in [0, 0.05) is 44.4 Å². The Kier molecular flexibility index (Phi) is 13.5. The van der Waals surface area contributed by atoms with Gasteiger partial charge < -0.3 is 9.80 Å². The van der Waals surface area contributed by atoms with E-state index < -0.39 is 0 Å². The van der Waals surface area contributed by atoms with Gasteiger partial charge in [0.2, 0.25) is 0 Å². The molecular formula is C98H72N2. The van der Waals surface area contributed by atoms with Gasteiger partial charge in [-0.1, -0.05) is 270 Å². The maximum Gasteiger partial charge on any atom is 0.0540 e. The number of hydrogen-bond donors (Lipinski definition) is 0. The monoisotopic (exact) mass is 1280 g/mol. The largest absolute Gasteiger partial charge is 0.310 e. The Hall–Kier alpha value is -12.1. The highest BCUT2D eigenvalue weighted by atomic mass is 15.1. The topological polar surface area (TPSA) is 6.48 Å². The van der Waals surface area contributed by atoms with E-state index in [0.29, 0.717) is 0 Å². The van der Waals surface area contributed by atoms with Crippen molar-refractivity contribution in [3.63, 3.8) is 0 Å². The van der Waals surface area contributed by atoms with E-state index in [1.165, 1.54) is 154 Å². The number of anilines is 6. The van der Waals surface area contributed by atoms with Crippen LogP contribution >= 0.6 is 0 Å². The molecule has 100 heavy (non-hydrogen) atoms. The van der Waals surface area contributed by atoms with Crippen LogP contribution < -0.4 is 9.80 Å². The van der Waals surface area contributed by atoms with Gasteiger partial charge in [-0.05, 0) is 253 Å². The van der Waals surface area contributed by atoms with E-state index in [4.69, 9.17) is 0 Å². The van der Waals surface area contributed by atoms with Crippen LogP contribution in [0.2, 0.25) is 0 Å². The molecule has 17 aromatic carbocycles. The number of fused-ring (bicyclic) bond motifs is 12. The molecule has 0 saturated heterocycles. The van der Waals surface area contributed by atoms with Crippen LogP contribution in [0.25, 0.3) is 131 Å². The number of para-hydroxylation sites is 1. The van der Waals surface area contributed by atoms with Gasteiger partial charge in [-0.15, -0.1) is 0 Å². The lowest BCUT2D eigenvalue weighted by Gasteiger charge is -2.30. The van der Waals surface area contributed by atoms with Crippen LogP contribution in [0, 0.1) is 13.8 Å². The van der Waals surface area contributed by atoms with Gasteiger partial charge in [0.05, 0.1) is 11.4 Å². The standard InChI is InChI=1S/C98H72N2/c1-61-52-62(2)54-74(53-61)100(94-51-49-76(78-29-15-17-33-84(78)94)68-41-45-82-80-31-19-21-35-90(80)98(5,6)92(82)58-68)73-43-47-86-88(60-73)96(70-39-37-64-23-11-13-25-66(64)56-70)85-46-42-72(59-87(85)95(86)69-38-36-63-22-10-12-24-65(63)55-69)99(71-26-8-7-9-27-71)93-50-48-75(77-28-14-16-32-83(77)93)67-40-44-81-79-30-18-20-34-89(79)97(3,4)91(81)57-67/h7-60H,1-6H3. The number of benzene rings is 17. The third-order valence-corrected chi connectivity index (χ3v) is 22.2. The van der Waals surface area contributed by atoms with Crippen LogP contribution in [-0.2, 0) is 10.8 Å². The lowest BCUT2D eigenvalue weighted by Crippen LogP contribution is -2.14. The van der Waals surface area contributed by atoms with E-state index in [-0.39, 0.29) is 10.8 Å². The lowest BCUT2D eigenvalue weighted by atomic mass is 9.81. The van der Waals surface area contributed by atoms with Crippen molar-refractivity contribution in [3.05, 3.63) is 361 Å². The summed E-state index contributed by atoms with van der Waals surface area (Å²) in [5.41, 5.74) is 29.2. The number of nitrogens with zero attached hydrogens (tertiary/aromatic N) is 2. The summed E-state index contributed by atoms with van der Waals surface area (Å²) in [7, 11) is 0. The van der Waals surface area contributed by atoms with Crippen LogP contribution in [0.4, 0.5) is 34.1 Å². The van der Waals surface area contributed by atoms with E-state index >= 15 is 0 Å². The summed E-state index contributed by atoms with van der Waals surface area (Å²) in [5, 5.41) is 14.3. The Morgan fingerprint density at radius 2 is 0.590 bits per heavy atom. The molecule has 0 aliphatic heterocycles. The SMILES string of the molecule is Cc1cc(C)cc(N(c2ccc3c(-c4ccc5ccccc5c4)c4cc(N(c5ccccc5)c5ccc(-c6ccc7c(c6)C(C)(C)c6ccccc6-7)c6ccccc56)ccc4c(-c4ccc5ccccc5c4)c3c2)c2ccc(-c3ccc4c(c3)C(C)(C)c3ccccc3-4)c3ccccc23)c1. The van der Waals surface area contributed by atoms with Crippen LogP contribution in [0.1, 0.15) is 61.1 Å². The molecule has 2 aliphatic carbocycles. The Balaban J connectivity index is 0.845. The van der Waals surface area contributed by atoms with Crippen LogP contribution in [0.5, 0.6) is 0 Å². The average Bonchev–Trinajstić information content (AvgIpc) is 1.08. The highest BCUT2D eigenvalue weighted by molar-refractivity contribution is 6.24. The molecule has 0 atom stereocenters. The first-order valence-corrected chi connectivity index (χ1v) is 35.2. The first-order chi connectivity index (χ1) is 48.9. The highest BCUT2D eigenvalue weighted by Gasteiger charge is 2.37. The third kappa shape index (κ3) is 9.31. The van der Waals surface area contributed by atoms with E-state index in [1.807, 2.05) is 0 Å². The Labute approximate surface area is 585 Å². The Morgan fingerprint density at radius 1 is 0.210 bits per heavy atom. The van der Waals surface area contributed by atoms with Crippen molar-refractivity contribution in [3.8, 4) is 66.8 Å². The van der Waals surface area contributed by atoms with E-state index in [9.17, 15) is 0 Å². The summed E-state index contributed by atoms with van der Waals surface area (Å²) in [5.74, 6) is 0. The second-order valence-electron chi connectivity index (χ2n) is 28.9. The molecule has 0 aromatic heterocycles. The van der Waals surface area contributed by atoms with Crippen molar-refractivity contribution >= 4 is 98.8 Å². The molecule has 0 amide bonds. The summed E-state index contributed by atoms with van der Waals surface area (Å²) in [6.45, 7) is 14.0. The summed E-state index contributed by atoms with van der Waals surface area (Å²) in [6.07, 6.45) is 0. The smallest absolute Gasteiger partial charge is 0.0540 e. The molecule has 0 unspecified atom stereocenters. The maximum absolute atomic E-state index is 2.53. The minimum atomic E-state index is -0.122. The van der Waals surface area contributed by atoms with Crippen molar-refractivity contribution in [1.82, 2.24) is 0 Å². The molecule has 2 aliphatic rings. The van der Waals surface area contributed by atoms with Crippen LogP contribution in [0.3, 0.4) is 0 Å². The van der Waals surface area contributed by atoms with Gasteiger partial charge in [-0.2, -0.15) is 0 Å². The quantitative estimate of drug-likeness (QED) is 0.126. The molecule has 0 saturated carbocycles. The minimum absolute atomic E-state index is 0.119. The third-order valence-electron chi connectivity index (χ3n) is 22.2. The molecular weight excluding hydrogens is 1210 g/mol. The molecule has 474 valence electrons. The fourth-order valence-electron chi connectivity index (χ4n) is 17.5. The van der Waals surface area contributed by atoms with E-state index in [2.05, 4.69) is 379 Å². The summed E-state index contributed by atoms with van der Waals surface area (Å²) in [4.78, 5) is 5.02. The molecule has 0 N–H and O–H groups in total. The van der Waals surface area contributed by atoms with Gasteiger partial charge in [0.15, 0.2) is 0 Å². The molecule has 0 radical (unpaired) electrons. The molecule has 17 aromatic rings. The fraction of sp³-hybridized carbons (Fsp3) is 0.0816. The summed E-state index contributed by atoms with van der Waals surface area (Å²) >= 11 is 0.